The van der Waals surface area contributed by atoms with Gasteiger partial charge in [0.1, 0.15) is 5.82 Å². The minimum atomic E-state index is -0.328. The summed E-state index contributed by atoms with van der Waals surface area (Å²) in [5.74, 6) is 0.877. The highest BCUT2D eigenvalue weighted by atomic mass is 16.7. The Morgan fingerprint density at radius 2 is 2.00 bits per heavy atom. The first kappa shape index (κ1) is 10.0. The van der Waals surface area contributed by atoms with E-state index in [1.165, 1.54) is 0 Å². The van der Waals surface area contributed by atoms with Gasteiger partial charge in [0.05, 0.1) is 25.0 Å². The minimum absolute atomic E-state index is 0.218. The zero-order valence-corrected chi connectivity index (χ0v) is 8.87. The largest absolute Gasteiger partial charge is 0.389 e. The summed E-state index contributed by atoms with van der Waals surface area (Å²) in [7, 11) is 0. The van der Waals surface area contributed by atoms with Crippen molar-refractivity contribution in [1.29, 1.82) is 0 Å². The number of aromatic nitrogens is 1. The highest BCUT2D eigenvalue weighted by Gasteiger charge is 2.27. The van der Waals surface area contributed by atoms with Crippen molar-refractivity contribution in [2.24, 2.45) is 0 Å². The van der Waals surface area contributed by atoms with E-state index in [9.17, 15) is 5.11 Å². The molecule has 0 aromatic carbocycles. The van der Waals surface area contributed by atoms with Crippen molar-refractivity contribution in [1.82, 2.24) is 4.98 Å². The quantitative estimate of drug-likeness (QED) is 0.780. The van der Waals surface area contributed by atoms with Crippen LogP contribution in [0.25, 0.3) is 0 Å². The van der Waals surface area contributed by atoms with Gasteiger partial charge in [-0.1, -0.05) is 6.07 Å². The molecule has 0 bridgehead atoms. The van der Waals surface area contributed by atoms with Crippen molar-refractivity contribution >= 4 is 5.82 Å². The summed E-state index contributed by atoms with van der Waals surface area (Å²) in [6.45, 7) is 2.56. The van der Waals surface area contributed by atoms with E-state index in [1.807, 2.05) is 23.1 Å². The molecule has 2 saturated heterocycles. The van der Waals surface area contributed by atoms with Crippen LogP contribution in [0.1, 0.15) is 12.0 Å². The van der Waals surface area contributed by atoms with Gasteiger partial charge in [-0.05, 0) is 12.1 Å². The lowest BCUT2D eigenvalue weighted by Gasteiger charge is -2.37. The van der Waals surface area contributed by atoms with Gasteiger partial charge in [-0.2, -0.15) is 0 Å². The summed E-state index contributed by atoms with van der Waals surface area (Å²) in [5.41, 5.74) is 0.802. The van der Waals surface area contributed by atoms with Crippen molar-refractivity contribution in [3.05, 3.63) is 23.9 Å². The molecule has 0 radical (unpaired) electrons. The second-order valence-electron chi connectivity index (χ2n) is 4.05. The van der Waals surface area contributed by atoms with Crippen LogP contribution in [0.4, 0.5) is 5.82 Å². The summed E-state index contributed by atoms with van der Waals surface area (Å²) in [5, 5.41) is 9.24. The van der Waals surface area contributed by atoms with Gasteiger partial charge in [0.2, 0.25) is 6.29 Å². The van der Waals surface area contributed by atoms with Crippen molar-refractivity contribution in [3.8, 4) is 0 Å². The number of anilines is 1. The van der Waals surface area contributed by atoms with Crippen LogP contribution in [0.2, 0.25) is 0 Å². The lowest BCUT2D eigenvalue weighted by Crippen LogP contribution is -2.51. The predicted molar refractivity (Wildman–Crippen MR) is 57.1 cm³/mol. The molecule has 2 fully saturated rings. The molecule has 2 aliphatic rings. The Balaban J connectivity index is 1.77. The molecule has 0 amide bonds. The van der Waals surface area contributed by atoms with E-state index in [-0.39, 0.29) is 12.4 Å². The zero-order chi connectivity index (χ0) is 11.0. The molecule has 0 aliphatic carbocycles. The fourth-order valence-corrected chi connectivity index (χ4v) is 1.92. The van der Waals surface area contributed by atoms with Crippen molar-refractivity contribution < 1.29 is 14.6 Å². The van der Waals surface area contributed by atoms with Crippen LogP contribution in [-0.2, 0) is 9.47 Å². The van der Waals surface area contributed by atoms with Crippen LogP contribution in [0.15, 0.2) is 18.2 Å². The molecular weight excluding hydrogens is 208 g/mol. The number of hydrogen-bond acceptors (Lipinski definition) is 5. The van der Waals surface area contributed by atoms with Gasteiger partial charge >= 0.3 is 0 Å². The topological polar surface area (TPSA) is 54.8 Å². The number of β-amino-alcohol motifs (C(OH)–C–C–N with tert-alkyl or cyclic N) is 1. The minimum Gasteiger partial charge on any atom is -0.389 e. The van der Waals surface area contributed by atoms with E-state index in [2.05, 4.69) is 4.98 Å². The van der Waals surface area contributed by atoms with Crippen molar-refractivity contribution in [3.63, 3.8) is 0 Å². The number of rotatable bonds is 2. The van der Waals surface area contributed by atoms with E-state index in [1.54, 1.807) is 0 Å². The molecule has 16 heavy (non-hydrogen) atoms. The third-order valence-electron chi connectivity index (χ3n) is 2.81. The van der Waals surface area contributed by atoms with E-state index < -0.39 is 0 Å². The fourth-order valence-electron chi connectivity index (χ4n) is 1.92. The van der Waals surface area contributed by atoms with E-state index in [0.717, 1.165) is 11.5 Å². The zero-order valence-electron chi connectivity index (χ0n) is 8.87. The van der Waals surface area contributed by atoms with E-state index in [4.69, 9.17) is 9.47 Å². The Labute approximate surface area is 93.6 Å². The standard InChI is InChI=1S/C11H14N2O3/c14-8-6-13(7-8)10-3-1-2-9(12-10)11-15-4-5-16-11/h1-3,8,11,14H,4-7H2. The first-order valence-corrected chi connectivity index (χ1v) is 5.46. The Kier molecular flexibility index (Phi) is 2.51. The smallest absolute Gasteiger partial charge is 0.201 e. The first-order chi connectivity index (χ1) is 7.83. The number of hydrogen-bond donors (Lipinski definition) is 1. The number of nitrogens with zero attached hydrogens (tertiary/aromatic N) is 2. The van der Waals surface area contributed by atoms with Crippen molar-refractivity contribution in [2.75, 3.05) is 31.2 Å². The second-order valence-corrected chi connectivity index (χ2v) is 4.05. The molecule has 1 N–H and O–H groups in total. The third kappa shape index (κ3) is 1.77. The lowest BCUT2D eigenvalue weighted by molar-refractivity contribution is -0.0472. The molecule has 0 atom stereocenters. The molecule has 5 heteroatoms. The van der Waals surface area contributed by atoms with Crippen LogP contribution in [-0.4, -0.2) is 42.5 Å². The molecule has 3 heterocycles. The van der Waals surface area contributed by atoms with Gasteiger partial charge in [0, 0.05) is 13.1 Å². The van der Waals surface area contributed by atoms with E-state index in [0.29, 0.717) is 26.3 Å². The summed E-state index contributed by atoms with van der Waals surface area (Å²) in [4.78, 5) is 6.51. The average Bonchev–Trinajstić information content (AvgIpc) is 2.78. The van der Waals surface area contributed by atoms with Crippen LogP contribution in [0.5, 0.6) is 0 Å². The molecule has 0 spiro atoms. The van der Waals surface area contributed by atoms with Crippen LogP contribution in [0.3, 0.4) is 0 Å². The van der Waals surface area contributed by atoms with Crippen LogP contribution >= 0.6 is 0 Å². The summed E-state index contributed by atoms with van der Waals surface area (Å²) in [6.07, 6.45) is -0.546. The van der Waals surface area contributed by atoms with Gasteiger partial charge in [0.15, 0.2) is 0 Å². The number of aliphatic hydroxyl groups excluding tert-OH is 1. The summed E-state index contributed by atoms with van der Waals surface area (Å²) >= 11 is 0. The molecule has 0 saturated carbocycles. The maximum Gasteiger partial charge on any atom is 0.201 e. The Bertz CT molecular complexity index is 373. The molecule has 3 rings (SSSR count). The maximum absolute atomic E-state index is 9.24. The molecule has 1 aromatic rings. The van der Waals surface area contributed by atoms with Gasteiger partial charge in [-0.25, -0.2) is 4.98 Å². The normalized spacial score (nSPS) is 22.4. The Morgan fingerprint density at radius 1 is 1.25 bits per heavy atom. The Morgan fingerprint density at radius 3 is 2.69 bits per heavy atom. The summed E-state index contributed by atoms with van der Waals surface area (Å²) in [6, 6.07) is 5.77. The average molecular weight is 222 g/mol. The van der Waals surface area contributed by atoms with Gasteiger partial charge in [-0.3, -0.25) is 0 Å². The Hall–Kier alpha value is -1.17. The molecule has 2 aliphatic heterocycles. The van der Waals surface area contributed by atoms with Gasteiger partial charge in [-0.15, -0.1) is 0 Å². The van der Waals surface area contributed by atoms with Crippen LogP contribution < -0.4 is 4.90 Å². The number of ether oxygens (including phenoxy) is 2. The highest BCUT2D eigenvalue weighted by Crippen LogP contribution is 2.25. The maximum atomic E-state index is 9.24. The summed E-state index contributed by atoms with van der Waals surface area (Å²) < 4.78 is 10.8. The molecule has 5 nitrogen and oxygen atoms in total. The molecule has 86 valence electrons. The predicted octanol–water partition coefficient (Wildman–Crippen LogP) is 0.308. The number of aliphatic hydroxyl groups is 1. The van der Waals surface area contributed by atoms with Gasteiger partial charge in [0.25, 0.3) is 0 Å². The third-order valence-corrected chi connectivity index (χ3v) is 2.81. The van der Waals surface area contributed by atoms with E-state index >= 15 is 0 Å². The number of pyridine rings is 1. The van der Waals surface area contributed by atoms with Crippen LogP contribution in [0, 0.1) is 0 Å². The molecule has 1 aromatic heterocycles. The lowest BCUT2D eigenvalue weighted by atomic mass is 10.1. The monoisotopic (exact) mass is 222 g/mol. The second kappa shape index (κ2) is 4.01. The van der Waals surface area contributed by atoms with Gasteiger partial charge < -0.3 is 19.5 Å². The fraction of sp³-hybridized carbons (Fsp3) is 0.545. The molecular formula is C11H14N2O3. The highest BCUT2D eigenvalue weighted by molar-refractivity contribution is 5.42. The van der Waals surface area contributed by atoms with Crippen molar-refractivity contribution in [2.45, 2.75) is 12.4 Å². The first-order valence-electron chi connectivity index (χ1n) is 5.46. The SMILES string of the molecule is OC1CN(c2cccc(C3OCCO3)n2)C1. The molecule has 0 unspecified atom stereocenters.